The molecule has 6 nitrogen and oxygen atoms in total. The lowest BCUT2D eigenvalue weighted by Crippen LogP contribution is -2.43. The van der Waals surface area contributed by atoms with E-state index >= 15 is 0 Å². The van der Waals surface area contributed by atoms with Crippen molar-refractivity contribution in [1.29, 1.82) is 0 Å². The van der Waals surface area contributed by atoms with Gasteiger partial charge in [0.25, 0.3) is 5.91 Å². The minimum atomic E-state index is -3.20. The van der Waals surface area contributed by atoms with Crippen LogP contribution in [0.25, 0.3) is 0 Å². The number of carbonyl (C=O) groups is 1. The van der Waals surface area contributed by atoms with Crippen LogP contribution in [0.5, 0.6) is 5.75 Å². The van der Waals surface area contributed by atoms with E-state index in [4.69, 9.17) is 4.74 Å². The van der Waals surface area contributed by atoms with E-state index in [1.807, 2.05) is 44.2 Å². The zero-order valence-electron chi connectivity index (χ0n) is 15.0. The molecule has 0 saturated carbocycles. The summed E-state index contributed by atoms with van der Waals surface area (Å²) in [6, 6.07) is 9.28. The minimum Gasteiger partial charge on any atom is -0.484 e. The average Bonchev–Trinajstić information content (AvgIpc) is 2.58. The zero-order chi connectivity index (χ0) is 18.3. The molecule has 0 spiro atoms. The largest absolute Gasteiger partial charge is 0.484 e. The van der Waals surface area contributed by atoms with Gasteiger partial charge >= 0.3 is 0 Å². The first-order chi connectivity index (χ1) is 11.9. The van der Waals surface area contributed by atoms with Crippen molar-refractivity contribution in [2.24, 2.45) is 11.8 Å². The van der Waals surface area contributed by atoms with Gasteiger partial charge in [-0.2, -0.15) is 0 Å². The second-order valence-corrected chi connectivity index (χ2v) is 8.80. The second kappa shape index (κ2) is 9.20. The number of para-hydroxylation sites is 1. The number of carbonyl (C=O) groups excluding carboxylic acids is 1. The number of hydrogen-bond acceptors (Lipinski definition) is 4. The average molecular weight is 368 g/mol. The fourth-order valence-electron chi connectivity index (χ4n) is 2.88. The molecule has 0 aromatic heterocycles. The molecule has 1 amide bonds. The molecule has 1 fully saturated rings. The van der Waals surface area contributed by atoms with Crippen LogP contribution in [0.3, 0.4) is 0 Å². The van der Waals surface area contributed by atoms with Crippen molar-refractivity contribution in [3.63, 3.8) is 0 Å². The summed E-state index contributed by atoms with van der Waals surface area (Å²) >= 11 is 0. The molecular weight excluding hydrogens is 340 g/mol. The molecule has 1 aromatic rings. The van der Waals surface area contributed by atoms with Crippen molar-refractivity contribution in [3.8, 4) is 5.75 Å². The van der Waals surface area contributed by atoms with Gasteiger partial charge in [0.05, 0.1) is 5.75 Å². The highest BCUT2D eigenvalue weighted by Crippen LogP contribution is 2.17. The van der Waals surface area contributed by atoms with E-state index in [9.17, 15) is 13.2 Å². The molecule has 7 heteroatoms. The number of likely N-dealkylation sites (tertiary alicyclic amines) is 1. The van der Waals surface area contributed by atoms with Crippen molar-refractivity contribution in [2.75, 3.05) is 32.0 Å². The van der Waals surface area contributed by atoms with Crippen LogP contribution in [0, 0.1) is 11.8 Å². The molecule has 1 aromatic carbocycles. The van der Waals surface area contributed by atoms with Crippen LogP contribution in [-0.4, -0.2) is 51.2 Å². The van der Waals surface area contributed by atoms with Gasteiger partial charge in [-0.25, -0.2) is 13.1 Å². The number of ether oxygens (including phenoxy) is 1. The van der Waals surface area contributed by atoms with Crippen molar-refractivity contribution >= 4 is 15.9 Å². The topological polar surface area (TPSA) is 75.7 Å². The maximum absolute atomic E-state index is 12.2. The van der Waals surface area contributed by atoms with Gasteiger partial charge in [-0.3, -0.25) is 4.79 Å². The maximum Gasteiger partial charge on any atom is 0.260 e. The van der Waals surface area contributed by atoms with E-state index < -0.39 is 10.0 Å². The lowest BCUT2D eigenvalue weighted by molar-refractivity contribution is -0.134. The fraction of sp³-hybridized carbons (Fsp3) is 0.611. The second-order valence-electron chi connectivity index (χ2n) is 6.95. The van der Waals surface area contributed by atoms with Gasteiger partial charge in [0.1, 0.15) is 5.75 Å². The van der Waals surface area contributed by atoms with Gasteiger partial charge in [0, 0.05) is 19.6 Å². The van der Waals surface area contributed by atoms with Gasteiger partial charge in [-0.05, 0) is 36.8 Å². The Morgan fingerprint density at radius 2 is 1.88 bits per heavy atom. The predicted molar refractivity (Wildman–Crippen MR) is 97.9 cm³/mol. The van der Waals surface area contributed by atoms with Crippen LogP contribution in [0.2, 0.25) is 0 Å². The van der Waals surface area contributed by atoms with Gasteiger partial charge in [-0.15, -0.1) is 0 Å². The summed E-state index contributed by atoms with van der Waals surface area (Å²) in [4.78, 5) is 14.0. The quantitative estimate of drug-likeness (QED) is 0.760. The third-order valence-corrected chi connectivity index (χ3v) is 5.93. The molecule has 2 rings (SSSR count). The number of nitrogens with one attached hydrogen (secondary N) is 1. The Kier molecular flexibility index (Phi) is 7.25. The predicted octanol–water partition coefficient (Wildman–Crippen LogP) is 1.88. The number of sulfonamides is 1. The standard InChI is InChI=1S/C18H28N2O4S/c1-15(2)14-25(22,23)19-12-16-8-10-20(11-9-16)18(21)13-24-17-6-4-3-5-7-17/h3-7,15-16,19H,8-14H2,1-2H3. The van der Waals surface area contributed by atoms with Crippen molar-refractivity contribution in [1.82, 2.24) is 9.62 Å². The van der Waals surface area contributed by atoms with E-state index in [2.05, 4.69) is 4.72 Å². The molecular formula is C18H28N2O4S. The van der Waals surface area contributed by atoms with Crippen LogP contribution < -0.4 is 9.46 Å². The molecule has 1 aliphatic rings. The third-order valence-electron chi connectivity index (χ3n) is 4.22. The highest BCUT2D eigenvalue weighted by atomic mass is 32.2. The molecule has 1 heterocycles. The molecule has 0 radical (unpaired) electrons. The van der Waals surface area contributed by atoms with Crippen molar-refractivity contribution in [3.05, 3.63) is 30.3 Å². The highest BCUT2D eigenvalue weighted by molar-refractivity contribution is 7.89. The molecule has 0 atom stereocenters. The zero-order valence-corrected chi connectivity index (χ0v) is 15.8. The first-order valence-corrected chi connectivity index (χ1v) is 10.4. The number of piperidine rings is 1. The first kappa shape index (κ1) is 19.7. The summed E-state index contributed by atoms with van der Waals surface area (Å²) in [6.07, 6.45) is 1.61. The van der Waals surface area contributed by atoms with Crippen LogP contribution >= 0.6 is 0 Å². The van der Waals surface area contributed by atoms with Gasteiger partial charge in [0.2, 0.25) is 10.0 Å². The smallest absolute Gasteiger partial charge is 0.260 e. The number of benzene rings is 1. The molecule has 0 unspecified atom stereocenters. The molecule has 0 aliphatic carbocycles. The summed E-state index contributed by atoms with van der Waals surface area (Å²) in [6.45, 7) is 5.57. The summed E-state index contributed by atoms with van der Waals surface area (Å²) < 4.78 is 32.0. The Bertz CT molecular complexity index is 638. The van der Waals surface area contributed by atoms with Crippen LogP contribution in [0.15, 0.2) is 30.3 Å². The molecule has 1 aliphatic heterocycles. The number of amides is 1. The Hall–Kier alpha value is -1.60. The van der Waals surface area contributed by atoms with Crippen LogP contribution in [0.4, 0.5) is 0 Å². The van der Waals surface area contributed by atoms with E-state index in [-0.39, 0.29) is 30.1 Å². The Morgan fingerprint density at radius 1 is 1.24 bits per heavy atom. The van der Waals surface area contributed by atoms with Gasteiger partial charge in [0.15, 0.2) is 6.61 Å². The summed E-state index contributed by atoms with van der Waals surface area (Å²) in [5.41, 5.74) is 0. The number of nitrogens with zero attached hydrogens (tertiary/aromatic N) is 1. The molecule has 140 valence electrons. The fourth-order valence-corrected chi connectivity index (χ4v) is 4.37. The summed E-state index contributed by atoms with van der Waals surface area (Å²) in [7, 11) is -3.20. The van der Waals surface area contributed by atoms with E-state index in [1.165, 1.54) is 0 Å². The molecule has 1 saturated heterocycles. The number of hydrogen-bond donors (Lipinski definition) is 1. The van der Waals surface area contributed by atoms with Crippen LogP contribution in [-0.2, 0) is 14.8 Å². The Morgan fingerprint density at radius 3 is 2.48 bits per heavy atom. The lowest BCUT2D eigenvalue weighted by Gasteiger charge is -2.32. The molecule has 25 heavy (non-hydrogen) atoms. The van der Waals surface area contributed by atoms with E-state index in [0.717, 1.165) is 12.8 Å². The molecule has 1 N–H and O–H groups in total. The minimum absolute atomic E-state index is 0.0253. The number of rotatable bonds is 8. The normalized spacial score (nSPS) is 16.2. The van der Waals surface area contributed by atoms with Crippen molar-refractivity contribution in [2.45, 2.75) is 26.7 Å². The first-order valence-electron chi connectivity index (χ1n) is 8.78. The summed E-state index contributed by atoms with van der Waals surface area (Å²) in [5.74, 6) is 1.21. The third kappa shape index (κ3) is 7.04. The Balaban J connectivity index is 1.69. The lowest BCUT2D eigenvalue weighted by atomic mass is 9.97. The van der Waals surface area contributed by atoms with Crippen molar-refractivity contribution < 1.29 is 17.9 Å². The highest BCUT2D eigenvalue weighted by Gasteiger charge is 2.24. The van der Waals surface area contributed by atoms with E-state index in [0.29, 0.717) is 25.4 Å². The Labute approximate surface area is 150 Å². The molecule has 0 bridgehead atoms. The van der Waals surface area contributed by atoms with Crippen LogP contribution in [0.1, 0.15) is 26.7 Å². The van der Waals surface area contributed by atoms with E-state index in [1.54, 1.807) is 4.90 Å². The van der Waals surface area contributed by atoms with Gasteiger partial charge < -0.3 is 9.64 Å². The monoisotopic (exact) mass is 368 g/mol. The van der Waals surface area contributed by atoms with Gasteiger partial charge in [-0.1, -0.05) is 32.0 Å². The SMILES string of the molecule is CC(C)CS(=O)(=O)NCC1CCN(C(=O)COc2ccccc2)CC1. The maximum atomic E-state index is 12.2. The summed E-state index contributed by atoms with van der Waals surface area (Å²) in [5, 5.41) is 0.